The number of aryl methyl sites for hydroxylation is 1. The van der Waals surface area contributed by atoms with E-state index < -0.39 is 0 Å². The van der Waals surface area contributed by atoms with Gasteiger partial charge in [-0.15, -0.1) is 0 Å². The summed E-state index contributed by atoms with van der Waals surface area (Å²) in [7, 11) is 0. The van der Waals surface area contributed by atoms with Gasteiger partial charge in [0.1, 0.15) is 0 Å². The highest BCUT2D eigenvalue weighted by Gasteiger charge is 2.19. The molecule has 2 rings (SSSR count). The molecule has 0 saturated carbocycles. The van der Waals surface area contributed by atoms with Crippen molar-refractivity contribution in [3.8, 4) is 0 Å². The second kappa shape index (κ2) is 10.6. The molecule has 0 aliphatic carbocycles. The lowest BCUT2D eigenvalue weighted by atomic mass is 9.80. The van der Waals surface area contributed by atoms with Crippen LogP contribution in [0.4, 0.5) is 0 Å². The number of benzene rings is 2. The van der Waals surface area contributed by atoms with Gasteiger partial charge in [0.2, 0.25) is 0 Å². The third-order valence-electron chi connectivity index (χ3n) is 5.78. The largest absolute Gasteiger partial charge is 0.0991 e. The molecular weight excluding hydrogens is 404 g/mol. The van der Waals surface area contributed by atoms with Crippen LogP contribution in [0, 0.1) is 5.41 Å². The Balaban J connectivity index is 2.37. The van der Waals surface area contributed by atoms with Gasteiger partial charge in [0.15, 0.2) is 0 Å². The number of allylic oxidation sites excluding steroid dienone is 5. The van der Waals surface area contributed by atoms with Crippen LogP contribution in [0.25, 0.3) is 10.5 Å². The zero-order valence-corrected chi connectivity index (χ0v) is 22.1. The lowest BCUT2D eigenvalue weighted by molar-refractivity contribution is 0.518. The number of thioether (sulfide) groups is 1. The first-order valence-corrected chi connectivity index (χ1v) is 12.3. The minimum atomic E-state index is 0.0615. The molecular formula is C31H40S. The summed E-state index contributed by atoms with van der Waals surface area (Å²) in [5, 5.41) is 0. The molecule has 0 spiro atoms. The van der Waals surface area contributed by atoms with E-state index in [9.17, 15) is 0 Å². The molecule has 0 atom stereocenters. The smallest absolute Gasteiger partial charge is 0.0123 e. The molecule has 0 fully saturated rings. The molecule has 2 aromatic rings. The summed E-state index contributed by atoms with van der Waals surface area (Å²) in [5.41, 5.74) is 8.13. The Kier molecular flexibility index (Phi) is 8.60. The van der Waals surface area contributed by atoms with Crippen molar-refractivity contribution in [2.24, 2.45) is 5.41 Å². The molecule has 0 radical (unpaired) electrons. The molecule has 0 aliphatic rings. The summed E-state index contributed by atoms with van der Waals surface area (Å²) < 4.78 is 0. The average Bonchev–Trinajstić information content (AvgIpc) is 2.72. The number of rotatable bonds is 7. The van der Waals surface area contributed by atoms with Gasteiger partial charge in [-0.3, -0.25) is 0 Å². The van der Waals surface area contributed by atoms with Gasteiger partial charge < -0.3 is 0 Å². The maximum absolute atomic E-state index is 4.38. The van der Waals surface area contributed by atoms with E-state index in [0.717, 1.165) is 11.3 Å². The van der Waals surface area contributed by atoms with Crippen LogP contribution in [0.5, 0.6) is 0 Å². The van der Waals surface area contributed by atoms with Gasteiger partial charge in [0, 0.05) is 9.80 Å². The fourth-order valence-corrected chi connectivity index (χ4v) is 4.70. The molecule has 32 heavy (non-hydrogen) atoms. The van der Waals surface area contributed by atoms with Crippen LogP contribution in [0.1, 0.15) is 77.6 Å². The Labute approximate surface area is 201 Å². The summed E-state index contributed by atoms with van der Waals surface area (Å²) in [4.78, 5) is 2.31. The molecule has 2 aromatic carbocycles. The van der Waals surface area contributed by atoms with Crippen molar-refractivity contribution in [2.45, 2.75) is 72.1 Å². The van der Waals surface area contributed by atoms with Crippen molar-refractivity contribution in [3.05, 3.63) is 102 Å². The van der Waals surface area contributed by atoms with Gasteiger partial charge in [0.25, 0.3) is 0 Å². The Morgan fingerprint density at radius 2 is 1.59 bits per heavy atom. The highest BCUT2D eigenvalue weighted by molar-refractivity contribution is 8.08. The fourth-order valence-electron chi connectivity index (χ4n) is 3.90. The van der Waals surface area contributed by atoms with Crippen molar-refractivity contribution in [1.29, 1.82) is 0 Å². The van der Waals surface area contributed by atoms with Crippen LogP contribution in [0.2, 0.25) is 0 Å². The quantitative estimate of drug-likeness (QED) is 0.302. The molecule has 170 valence electrons. The van der Waals surface area contributed by atoms with Gasteiger partial charge in [-0.2, -0.15) is 0 Å². The topological polar surface area (TPSA) is 0 Å². The van der Waals surface area contributed by atoms with Crippen LogP contribution >= 0.6 is 11.8 Å². The summed E-state index contributed by atoms with van der Waals surface area (Å²) in [6.07, 6.45) is 7.07. The molecule has 0 aromatic heterocycles. The van der Waals surface area contributed by atoms with Gasteiger partial charge >= 0.3 is 0 Å². The Bertz CT molecular complexity index is 1020. The Morgan fingerprint density at radius 3 is 2.09 bits per heavy atom. The van der Waals surface area contributed by atoms with Gasteiger partial charge in [-0.05, 0) is 69.7 Å². The lowest BCUT2D eigenvalue weighted by Gasteiger charge is -2.25. The molecule has 0 heterocycles. The lowest BCUT2D eigenvalue weighted by Crippen LogP contribution is -2.10. The summed E-state index contributed by atoms with van der Waals surface area (Å²) in [5.74, 6) is 0. The first kappa shape index (κ1) is 26.0. The highest BCUT2D eigenvalue weighted by atomic mass is 32.2. The van der Waals surface area contributed by atoms with E-state index in [4.69, 9.17) is 0 Å². The summed E-state index contributed by atoms with van der Waals surface area (Å²) in [6, 6.07) is 15.7. The molecule has 0 nitrogen and oxygen atoms in total. The minimum absolute atomic E-state index is 0.0615. The fraction of sp³-hybridized carbons (Fsp3) is 0.355. The summed E-state index contributed by atoms with van der Waals surface area (Å²) in [6.45, 7) is 26.2. The predicted octanol–water partition coefficient (Wildman–Crippen LogP) is 9.87. The van der Waals surface area contributed by atoms with E-state index in [0.29, 0.717) is 0 Å². The normalized spacial score (nSPS) is 13.2. The van der Waals surface area contributed by atoms with E-state index in [1.54, 1.807) is 11.8 Å². The van der Waals surface area contributed by atoms with Gasteiger partial charge in [-0.1, -0.05) is 122 Å². The van der Waals surface area contributed by atoms with Crippen molar-refractivity contribution in [3.63, 3.8) is 0 Å². The molecule has 0 saturated heterocycles. The first-order chi connectivity index (χ1) is 14.9. The first-order valence-electron chi connectivity index (χ1n) is 11.5. The SMILES string of the molecule is C=C/C=C\C(=C(/C)c1ccc(C(=C)Sc2ccc(C(C)(C)C)cc2)cc1CC)C(C)(C)C. The molecule has 0 amide bonds. The molecule has 0 aliphatic heterocycles. The highest BCUT2D eigenvalue weighted by Crippen LogP contribution is 2.38. The van der Waals surface area contributed by atoms with Crippen LogP contribution in [0.3, 0.4) is 0 Å². The maximum Gasteiger partial charge on any atom is 0.0123 e. The summed E-state index contributed by atoms with van der Waals surface area (Å²) >= 11 is 1.74. The third kappa shape index (κ3) is 6.62. The number of hydrogen-bond donors (Lipinski definition) is 0. The van der Waals surface area contributed by atoms with E-state index in [1.807, 2.05) is 12.2 Å². The van der Waals surface area contributed by atoms with Crippen LogP contribution < -0.4 is 0 Å². The standard InChI is InChI=1S/C31H40S/c1-11-13-14-29(31(8,9)10)22(3)28-20-15-25(21-24(28)12-2)23(4)32-27-18-16-26(17-19-27)30(5,6)7/h11,13-21H,1,4,12H2,2-3,5-10H3/b14-13-,29-22-. The Hall–Kier alpha value is -2.25. The second-order valence-electron chi connectivity index (χ2n) is 10.4. The zero-order valence-electron chi connectivity index (χ0n) is 21.3. The van der Waals surface area contributed by atoms with Crippen molar-refractivity contribution >= 4 is 22.2 Å². The van der Waals surface area contributed by atoms with Crippen molar-refractivity contribution < 1.29 is 0 Å². The minimum Gasteiger partial charge on any atom is -0.0991 e. The van der Waals surface area contributed by atoms with E-state index in [-0.39, 0.29) is 10.8 Å². The van der Waals surface area contributed by atoms with E-state index in [2.05, 4.69) is 117 Å². The molecule has 0 bridgehead atoms. The monoisotopic (exact) mass is 444 g/mol. The maximum atomic E-state index is 4.38. The van der Waals surface area contributed by atoms with Crippen LogP contribution in [-0.4, -0.2) is 0 Å². The van der Waals surface area contributed by atoms with Gasteiger partial charge in [-0.25, -0.2) is 0 Å². The van der Waals surface area contributed by atoms with Crippen LogP contribution in [-0.2, 0) is 11.8 Å². The second-order valence-corrected chi connectivity index (χ2v) is 11.6. The Morgan fingerprint density at radius 1 is 0.969 bits per heavy atom. The zero-order chi connectivity index (χ0) is 24.1. The van der Waals surface area contributed by atoms with E-state index in [1.165, 1.54) is 38.3 Å². The third-order valence-corrected chi connectivity index (χ3v) is 6.77. The molecule has 0 N–H and O–H groups in total. The number of hydrogen-bond acceptors (Lipinski definition) is 1. The molecule has 1 heteroatoms. The van der Waals surface area contributed by atoms with Crippen LogP contribution in [0.15, 0.2) is 84.3 Å². The van der Waals surface area contributed by atoms with Crippen molar-refractivity contribution in [2.75, 3.05) is 0 Å². The molecule has 0 unspecified atom stereocenters. The van der Waals surface area contributed by atoms with Crippen molar-refractivity contribution in [1.82, 2.24) is 0 Å². The average molecular weight is 445 g/mol. The predicted molar refractivity (Wildman–Crippen MR) is 147 cm³/mol. The van der Waals surface area contributed by atoms with Gasteiger partial charge in [0.05, 0.1) is 0 Å². The van der Waals surface area contributed by atoms with E-state index >= 15 is 0 Å².